The lowest BCUT2D eigenvalue weighted by Gasteiger charge is -2.35. The van der Waals surface area contributed by atoms with Gasteiger partial charge in [-0.2, -0.15) is 0 Å². The second-order valence-electron chi connectivity index (χ2n) is 6.61. The van der Waals surface area contributed by atoms with Crippen molar-refractivity contribution in [2.45, 2.75) is 6.92 Å². The summed E-state index contributed by atoms with van der Waals surface area (Å²) in [7, 11) is 0. The molecule has 2 fully saturated rings. The highest BCUT2D eigenvalue weighted by Crippen LogP contribution is 2.09. The van der Waals surface area contributed by atoms with Crippen LogP contribution in [0, 0.1) is 0 Å². The van der Waals surface area contributed by atoms with Gasteiger partial charge in [0.1, 0.15) is 0 Å². The number of hydrogen-bond donors (Lipinski definition) is 1. The fourth-order valence-corrected chi connectivity index (χ4v) is 3.28. The summed E-state index contributed by atoms with van der Waals surface area (Å²) in [5.74, 6) is 1.54. The van der Waals surface area contributed by atoms with Gasteiger partial charge in [-0.05, 0) is 6.07 Å². The molecule has 1 amide bonds. The molecule has 0 saturated carbocycles. The quantitative estimate of drug-likeness (QED) is 0.353. The average Bonchev–Trinajstić information content (AvgIpc) is 2.69. The number of piperazine rings is 2. The lowest BCUT2D eigenvalue weighted by molar-refractivity contribution is -0.130. The van der Waals surface area contributed by atoms with Crippen molar-refractivity contribution in [3.05, 3.63) is 18.5 Å². The molecule has 0 aliphatic carbocycles. The van der Waals surface area contributed by atoms with Gasteiger partial charge in [0.05, 0.1) is 6.54 Å². The summed E-state index contributed by atoms with van der Waals surface area (Å²) in [6.45, 7) is 9.95. The third-order valence-electron chi connectivity index (χ3n) is 4.95. The number of guanidine groups is 1. The summed E-state index contributed by atoms with van der Waals surface area (Å²) in [6, 6.07) is 1.82. The number of hydrogen-bond acceptors (Lipinski definition) is 6. The first kappa shape index (κ1) is 21.6. The molecule has 0 spiro atoms. The zero-order chi connectivity index (χ0) is 18.4. The van der Waals surface area contributed by atoms with Crippen LogP contribution in [-0.2, 0) is 4.79 Å². The lowest BCUT2D eigenvalue weighted by atomic mass is 10.3. The number of rotatable bonds is 4. The van der Waals surface area contributed by atoms with E-state index >= 15 is 0 Å². The molecule has 2 aliphatic heterocycles. The van der Waals surface area contributed by atoms with Crippen LogP contribution in [0.2, 0.25) is 0 Å². The molecule has 0 radical (unpaired) electrons. The molecule has 0 bridgehead atoms. The van der Waals surface area contributed by atoms with Gasteiger partial charge in [-0.15, -0.1) is 24.0 Å². The van der Waals surface area contributed by atoms with Crippen LogP contribution in [0.4, 0.5) is 5.95 Å². The highest BCUT2D eigenvalue weighted by Gasteiger charge is 2.20. The first-order valence-corrected chi connectivity index (χ1v) is 9.18. The molecule has 2 N–H and O–H groups in total. The number of nitrogens with two attached hydrogens (primary N) is 1. The highest BCUT2D eigenvalue weighted by molar-refractivity contribution is 14.0. The maximum atomic E-state index is 11.3. The van der Waals surface area contributed by atoms with Crippen LogP contribution >= 0.6 is 24.0 Å². The average molecular weight is 488 g/mol. The zero-order valence-electron chi connectivity index (χ0n) is 15.8. The van der Waals surface area contributed by atoms with E-state index in [1.807, 2.05) is 11.0 Å². The molecular formula is C17H29IN8O. The highest BCUT2D eigenvalue weighted by atomic mass is 127. The predicted octanol–water partition coefficient (Wildman–Crippen LogP) is -0.305. The van der Waals surface area contributed by atoms with E-state index in [0.29, 0.717) is 12.5 Å². The molecule has 1 aromatic rings. The van der Waals surface area contributed by atoms with Crippen LogP contribution in [-0.4, -0.2) is 102 Å². The second kappa shape index (κ2) is 10.6. The Morgan fingerprint density at radius 1 is 1.04 bits per heavy atom. The van der Waals surface area contributed by atoms with Crippen molar-refractivity contribution < 1.29 is 4.79 Å². The fourth-order valence-electron chi connectivity index (χ4n) is 3.28. The summed E-state index contributed by atoms with van der Waals surface area (Å²) in [4.78, 5) is 33.0. The molecule has 150 valence electrons. The predicted molar refractivity (Wildman–Crippen MR) is 116 cm³/mol. The Morgan fingerprint density at radius 2 is 1.63 bits per heavy atom. The SMILES string of the molecule is CC(=O)N1CCN(CCN=C(N)N2CCN(c3ncccn3)CC2)CC1.I. The van der Waals surface area contributed by atoms with Crippen molar-refractivity contribution in [1.82, 2.24) is 24.7 Å². The number of carbonyl (C=O) groups is 1. The Hall–Kier alpha value is -1.69. The van der Waals surface area contributed by atoms with E-state index in [1.165, 1.54) is 0 Å². The number of anilines is 1. The van der Waals surface area contributed by atoms with Gasteiger partial charge in [-0.3, -0.25) is 14.7 Å². The topological polar surface area (TPSA) is 94.2 Å². The number of carbonyl (C=O) groups excluding carboxylic acids is 1. The van der Waals surface area contributed by atoms with E-state index in [1.54, 1.807) is 19.3 Å². The fraction of sp³-hybridized carbons (Fsp3) is 0.647. The zero-order valence-corrected chi connectivity index (χ0v) is 18.2. The van der Waals surface area contributed by atoms with Gasteiger partial charge in [0, 0.05) is 78.2 Å². The van der Waals surface area contributed by atoms with Crippen molar-refractivity contribution in [3.8, 4) is 0 Å². The van der Waals surface area contributed by atoms with E-state index < -0.39 is 0 Å². The van der Waals surface area contributed by atoms with Crippen LogP contribution in [0.15, 0.2) is 23.5 Å². The molecule has 9 nitrogen and oxygen atoms in total. The van der Waals surface area contributed by atoms with E-state index in [-0.39, 0.29) is 29.9 Å². The summed E-state index contributed by atoms with van der Waals surface area (Å²) < 4.78 is 0. The third-order valence-corrected chi connectivity index (χ3v) is 4.95. The minimum Gasteiger partial charge on any atom is -0.370 e. The first-order chi connectivity index (χ1) is 12.6. The third kappa shape index (κ3) is 6.16. The molecule has 1 aromatic heterocycles. The molecule has 0 aromatic carbocycles. The van der Waals surface area contributed by atoms with Crippen molar-refractivity contribution >= 4 is 41.8 Å². The number of amides is 1. The Kier molecular flexibility index (Phi) is 8.48. The van der Waals surface area contributed by atoms with Gasteiger partial charge < -0.3 is 20.4 Å². The monoisotopic (exact) mass is 488 g/mol. The Balaban J connectivity index is 0.00000261. The van der Waals surface area contributed by atoms with Crippen molar-refractivity contribution in [2.75, 3.05) is 70.3 Å². The summed E-state index contributed by atoms with van der Waals surface area (Å²) >= 11 is 0. The van der Waals surface area contributed by atoms with Gasteiger partial charge in [0.15, 0.2) is 5.96 Å². The Labute approximate surface area is 177 Å². The van der Waals surface area contributed by atoms with E-state index in [4.69, 9.17) is 5.73 Å². The van der Waals surface area contributed by atoms with Gasteiger partial charge in [-0.25, -0.2) is 9.97 Å². The minimum atomic E-state index is 0. The van der Waals surface area contributed by atoms with Gasteiger partial charge in [0.2, 0.25) is 11.9 Å². The molecular weight excluding hydrogens is 459 g/mol. The molecule has 27 heavy (non-hydrogen) atoms. The van der Waals surface area contributed by atoms with Gasteiger partial charge >= 0.3 is 0 Å². The number of aliphatic imine (C=N–C) groups is 1. The number of nitrogens with zero attached hydrogens (tertiary/aromatic N) is 7. The molecule has 10 heteroatoms. The van der Waals surface area contributed by atoms with Crippen LogP contribution in [0.1, 0.15) is 6.92 Å². The summed E-state index contributed by atoms with van der Waals surface area (Å²) in [6.07, 6.45) is 3.53. The van der Waals surface area contributed by atoms with E-state index in [0.717, 1.165) is 64.9 Å². The number of aromatic nitrogens is 2. The van der Waals surface area contributed by atoms with E-state index in [2.05, 4.69) is 29.7 Å². The van der Waals surface area contributed by atoms with Crippen LogP contribution in [0.5, 0.6) is 0 Å². The number of halogens is 1. The van der Waals surface area contributed by atoms with E-state index in [9.17, 15) is 4.79 Å². The molecule has 2 aliphatic rings. The minimum absolute atomic E-state index is 0. The molecule has 2 saturated heterocycles. The molecule has 3 heterocycles. The van der Waals surface area contributed by atoms with Crippen LogP contribution in [0.25, 0.3) is 0 Å². The maximum absolute atomic E-state index is 11.3. The maximum Gasteiger partial charge on any atom is 0.225 e. The molecule has 3 rings (SSSR count). The largest absolute Gasteiger partial charge is 0.370 e. The Morgan fingerprint density at radius 3 is 2.22 bits per heavy atom. The summed E-state index contributed by atoms with van der Waals surface area (Å²) in [5.41, 5.74) is 6.16. The van der Waals surface area contributed by atoms with Gasteiger partial charge in [0.25, 0.3) is 0 Å². The lowest BCUT2D eigenvalue weighted by Crippen LogP contribution is -2.52. The standard InChI is InChI=1S/C17H28N8O.HI/c1-15(26)23-9-7-22(8-10-23)6-5-19-16(18)24-11-13-25(14-12-24)17-20-3-2-4-21-17;/h2-4H,5-14H2,1H3,(H2,18,19);1H. The van der Waals surface area contributed by atoms with Gasteiger partial charge in [-0.1, -0.05) is 0 Å². The van der Waals surface area contributed by atoms with Crippen molar-refractivity contribution in [3.63, 3.8) is 0 Å². The smallest absolute Gasteiger partial charge is 0.225 e. The first-order valence-electron chi connectivity index (χ1n) is 9.18. The Bertz CT molecular complexity index is 613. The van der Waals surface area contributed by atoms with Crippen LogP contribution in [0.3, 0.4) is 0 Å². The summed E-state index contributed by atoms with van der Waals surface area (Å²) in [5, 5.41) is 0. The van der Waals surface area contributed by atoms with Crippen molar-refractivity contribution in [2.24, 2.45) is 10.7 Å². The molecule has 0 unspecified atom stereocenters. The normalized spacial score (nSPS) is 19.0. The van der Waals surface area contributed by atoms with Crippen molar-refractivity contribution in [1.29, 1.82) is 0 Å². The molecule has 0 atom stereocenters. The van der Waals surface area contributed by atoms with Crippen LogP contribution < -0.4 is 10.6 Å². The second-order valence-corrected chi connectivity index (χ2v) is 6.61.